The van der Waals surface area contributed by atoms with Gasteiger partial charge in [-0.05, 0) is 67.6 Å². The van der Waals surface area contributed by atoms with Crippen LogP contribution >= 0.6 is 0 Å². The number of hydrogen-bond acceptors (Lipinski definition) is 4. The van der Waals surface area contributed by atoms with E-state index in [-0.39, 0.29) is 16.8 Å². The van der Waals surface area contributed by atoms with Crippen molar-refractivity contribution >= 4 is 15.7 Å². The van der Waals surface area contributed by atoms with Crippen LogP contribution in [0.4, 0.5) is 0 Å². The fraction of sp³-hybridized carbons (Fsp3) is 0.435. The van der Waals surface area contributed by atoms with Gasteiger partial charge in [-0.3, -0.25) is 9.69 Å². The van der Waals surface area contributed by atoms with E-state index in [2.05, 4.69) is 17.1 Å². The lowest BCUT2D eigenvalue weighted by Gasteiger charge is -2.30. The summed E-state index contributed by atoms with van der Waals surface area (Å²) in [6.45, 7) is 7.39. The molecule has 0 bridgehead atoms. The lowest BCUT2D eigenvalue weighted by molar-refractivity contribution is 0.0940. The number of sulfone groups is 1. The highest BCUT2D eigenvalue weighted by atomic mass is 32.2. The molecule has 0 saturated carbocycles. The Balaban J connectivity index is 1.58. The van der Waals surface area contributed by atoms with Crippen LogP contribution in [0.2, 0.25) is 0 Å². The van der Waals surface area contributed by atoms with Crippen molar-refractivity contribution in [3.63, 3.8) is 0 Å². The minimum absolute atomic E-state index is 0.136. The van der Waals surface area contributed by atoms with Crippen LogP contribution in [0, 0.1) is 5.92 Å². The van der Waals surface area contributed by atoms with Crippen molar-refractivity contribution < 1.29 is 13.2 Å². The minimum atomic E-state index is -3.22. The Morgan fingerprint density at radius 1 is 1.14 bits per heavy atom. The van der Waals surface area contributed by atoms with Gasteiger partial charge in [-0.15, -0.1) is 0 Å². The number of amides is 1. The molecule has 1 heterocycles. The van der Waals surface area contributed by atoms with Crippen molar-refractivity contribution in [2.24, 2.45) is 5.92 Å². The van der Waals surface area contributed by atoms with E-state index < -0.39 is 9.84 Å². The Kier molecular flexibility index (Phi) is 6.75. The molecule has 3 rings (SSSR count). The van der Waals surface area contributed by atoms with Gasteiger partial charge in [-0.25, -0.2) is 8.42 Å². The molecule has 0 spiro atoms. The van der Waals surface area contributed by atoms with E-state index in [0.29, 0.717) is 5.56 Å². The van der Waals surface area contributed by atoms with E-state index in [1.165, 1.54) is 24.7 Å². The summed E-state index contributed by atoms with van der Waals surface area (Å²) >= 11 is 0. The van der Waals surface area contributed by atoms with Crippen LogP contribution in [0.5, 0.6) is 0 Å². The van der Waals surface area contributed by atoms with Crippen LogP contribution < -0.4 is 5.32 Å². The molecule has 1 aliphatic heterocycles. The highest BCUT2D eigenvalue weighted by molar-refractivity contribution is 7.90. The molecule has 5 nitrogen and oxygen atoms in total. The molecule has 2 aromatic rings. The molecule has 2 aromatic carbocycles. The van der Waals surface area contributed by atoms with Gasteiger partial charge < -0.3 is 5.32 Å². The van der Waals surface area contributed by atoms with Crippen molar-refractivity contribution in [3.8, 4) is 0 Å². The molecule has 1 N–H and O–H groups in total. The van der Waals surface area contributed by atoms with E-state index >= 15 is 0 Å². The molecule has 0 aliphatic carbocycles. The summed E-state index contributed by atoms with van der Waals surface area (Å²) in [5.74, 6) is 0.615. The first-order valence-electron chi connectivity index (χ1n) is 10.1. The number of hydrogen-bond donors (Lipinski definition) is 1. The molecule has 29 heavy (non-hydrogen) atoms. The second-order valence-corrected chi connectivity index (χ2v) is 10.2. The first-order chi connectivity index (χ1) is 13.7. The number of piperidine rings is 1. The molecule has 6 heteroatoms. The normalized spacial score (nSPS) is 18.9. The number of carbonyl (C=O) groups excluding carboxylic acids is 1. The second kappa shape index (κ2) is 9.09. The van der Waals surface area contributed by atoms with Crippen molar-refractivity contribution in [2.75, 3.05) is 19.3 Å². The molecule has 0 unspecified atom stereocenters. The van der Waals surface area contributed by atoms with Gasteiger partial charge in [0.2, 0.25) is 0 Å². The van der Waals surface area contributed by atoms with Crippen LogP contribution in [0.15, 0.2) is 53.4 Å². The number of benzene rings is 2. The number of nitrogens with one attached hydrogen (secondary N) is 1. The molecule has 156 valence electrons. The van der Waals surface area contributed by atoms with Crippen LogP contribution in [-0.2, 0) is 16.4 Å². The Morgan fingerprint density at radius 3 is 2.38 bits per heavy atom. The standard InChI is InChI=1S/C23H30N2O3S/c1-17-5-4-14-25(15-17)16-19-6-8-21(9-7-19)23(26)24-18(2)20-10-12-22(13-11-20)29(3,27)28/h6-13,17-18H,4-5,14-16H2,1-3H3,(H,24,26)/t17-,18+/m1/s1. The summed E-state index contributed by atoms with van der Waals surface area (Å²) in [4.78, 5) is 15.3. The Labute approximate surface area is 174 Å². The topological polar surface area (TPSA) is 66.5 Å². The van der Waals surface area contributed by atoms with Gasteiger partial charge in [0.25, 0.3) is 5.91 Å². The molecular weight excluding hydrogens is 384 g/mol. The summed E-state index contributed by atoms with van der Waals surface area (Å²) in [6, 6.07) is 14.2. The van der Waals surface area contributed by atoms with E-state index in [9.17, 15) is 13.2 Å². The van der Waals surface area contributed by atoms with Gasteiger partial charge >= 0.3 is 0 Å². The predicted molar refractivity (Wildman–Crippen MR) is 116 cm³/mol. The van der Waals surface area contributed by atoms with Gasteiger partial charge in [-0.2, -0.15) is 0 Å². The Hall–Kier alpha value is -2.18. The van der Waals surface area contributed by atoms with Gasteiger partial charge in [0.05, 0.1) is 10.9 Å². The smallest absolute Gasteiger partial charge is 0.251 e. The molecule has 1 amide bonds. The maximum Gasteiger partial charge on any atom is 0.251 e. The van der Waals surface area contributed by atoms with E-state index in [1.54, 1.807) is 24.3 Å². The SMILES string of the molecule is C[C@@H]1CCCN(Cc2ccc(C(=O)N[C@@H](C)c3ccc(S(C)(=O)=O)cc3)cc2)C1. The van der Waals surface area contributed by atoms with Crippen LogP contribution in [0.25, 0.3) is 0 Å². The lowest BCUT2D eigenvalue weighted by atomic mass is 9.99. The lowest BCUT2D eigenvalue weighted by Crippen LogP contribution is -2.33. The first kappa shape index (κ1) is 21.5. The predicted octanol–water partition coefficient (Wildman–Crippen LogP) is 3.81. The third-order valence-corrected chi connectivity index (χ3v) is 6.65. The average Bonchev–Trinajstić information content (AvgIpc) is 2.68. The first-order valence-corrected chi connectivity index (χ1v) is 12.0. The van der Waals surface area contributed by atoms with Crippen LogP contribution in [0.1, 0.15) is 54.2 Å². The molecule has 2 atom stereocenters. The van der Waals surface area contributed by atoms with Crippen molar-refractivity contribution in [1.82, 2.24) is 10.2 Å². The number of nitrogens with zero attached hydrogens (tertiary/aromatic N) is 1. The van der Waals surface area contributed by atoms with E-state index in [0.717, 1.165) is 31.1 Å². The van der Waals surface area contributed by atoms with E-state index in [1.807, 2.05) is 31.2 Å². The van der Waals surface area contributed by atoms with Gasteiger partial charge in [0.15, 0.2) is 9.84 Å². The van der Waals surface area contributed by atoms with Crippen molar-refractivity contribution in [2.45, 2.75) is 44.2 Å². The summed E-state index contributed by atoms with van der Waals surface area (Å²) in [7, 11) is -3.22. The molecule has 0 aromatic heterocycles. The number of carbonyl (C=O) groups is 1. The maximum absolute atomic E-state index is 12.6. The molecule has 0 radical (unpaired) electrons. The van der Waals surface area contributed by atoms with Crippen molar-refractivity contribution in [3.05, 3.63) is 65.2 Å². The highest BCUT2D eigenvalue weighted by Crippen LogP contribution is 2.19. The zero-order valence-electron chi connectivity index (χ0n) is 17.4. The van der Waals surface area contributed by atoms with E-state index in [4.69, 9.17) is 0 Å². The molecule has 1 aliphatic rings. The number of rotatable bonds is 6. The zero-order valence-corrected chi connectivity index (χ0v) is 18.2. The number of likely N-dealkylation sites (tertiary alicyclic amines) is 1. The largest absolute Gasteiger partial charge is 0.346 e. The summed E-state index contributed by atoms with van der Waals surface area (Å²) in [5, 5.41) is 2.98. The highest BCUT2D eigenvalue weighted by Gasteiger charge is 2.17. The zero-order chi connectivity index (χ0) is 21.0. The molecule has 1 saturated heterocycles. The average molecular weight is 415 g/mol. The maximum atomic E-state index is 12.6. The van der Waals surface area contributed by atoms with Gasteiger partial charge in [0.1, 0.15) is 0 Å². The van der Waals surface area contributed by atoms with Gasteiger partial charge in [-0.1, -0.05) is 31.2 Å². The quantitative estimate of drug-likeness (QED) is 0.780. The summed E-state index contributed by atoms with van der Waals surface area (Å²) < 4.78 is 23.1. The van der Waals surface area contributed by atoms with Crippen LogP contribution in [-0.4, -0.2) is 38.6 Å². The fourth-order valence-corrected chi connectivity index (χ4v) is 4.45. The summed E-state index contributed by atoms with van der Waals surface area (Å²) in [6.07, 6.45) is 3.75. The van der Waals surface area contributed by atoms with Crippen molar-refractivity contribution in [1.29, 1.82) is 0 Å². The monoisotopic (exact) mass is 414 g/mol. The third kappa shape index (κ3) is 5.90. The van der Waals surface area contributed by atoms with Gasteiger partial charge in [0, 0.05) is 24.9 Å². The third-order valence-electron chi connectivity index (χ3n) is 5.52. The molecular formula is C23H30N2O3S. The second-order valence-electron chi connectivity index (χ2n) is 8.22. The fourth-order valence-electron chi connectivity index (χ4n) is 3.82. The molecule has 1 fully saturated rings. The van der Waals surface area contributed by atoms with Crippen LogP contribution in [0.3, 0.4) is 0 Å². The minimum Gasteiger partial charge on any atom is -0.346 e. The Morgan fingerprint density at radius 2 is 1.79 bits per heavy atom. The Bertz CT molecular complexity index is 937. The summed E-state index contributed by atoms with van der Waals surface area (Å²) in [5.41, 5.74) is 2.71.